The van der Waals surface area contributed by atoms with Gasteiger partial charge in [-0.25, -0.2) is 4.99 Å². The second-order valence-electron chi connectivity index (χ2n) is 6.68. The first-order chi connectivity index (χ1) is 14.2. The Labute approximate surface area is 172 Å². The number of nitrogens with zero attached hydrogens (tertiary/aromatic N) is 1. The van der Waals surface area contributed by atoms with Gasteiger partial charge in [-0.1, -0.05) is 54.1 Å². The van der Waals surface area contributed by atoms with Crippen LogP contribution in [0.25, 0.3) is 10.8 Å². The Morgan fingerprint density at radius 1 is 0.793 bits per heavy atom. The van der Waals surface area contributed by atoms with Gasteiger partial charge in [-0.2, -0.15) is 0 Å². The zero-order valence-corrected chi connectivity index (χ0v) is 16.0. The zero-order valence-electron chi connectivity index (χ0n) is 15.2. The van der Waals surface area contributed by atoms with E-state index in [1.54, 1.807) is 12.1 Å². The number of fused-ring (bicyclic) bond motifs is 2. The molecule has 1 heterocycles. The lowest BCUT2D eigenvalue weighted by Gasteiger charge is -2.07. The first kappa shape index (κ1) is 17.5. The van der Waals surface area contributed by atoms with Crippen LogP contribution in [0.1, 0.15) is 5.56 Å². The molecule has 1 amide bonds. The summed E-state index contributed by atoms with van der Waals surface area (Å²) in [7, 11) is 0. The average Bonchev–Trinajstić information content (AvgIpc) is 3.06. The number of hydrogen-bond acceptors (Lipinski definition) is 3. The predicted octanol–water partition coefficient (Wildman–Crippen LogP) is 6.36. The molecule has 0 unspecified atom stereocenters. The van der Waals surface area contributed by atoms with Crippen LogP contribution in [0.2, 0.25) is 5.02 Å². The largest absolute Gasteiger partial charge is 0.457 e. The number of anilines is 1. The summed E-state index contributed by atoms with van der Waals surface area (Å²) in [6.07, 6.45) is 0. The molecule has 5 rings (SSSR count). The van der Waals surface area contributed by atoms with Gasteiger partial charge >= 0.3 is 0 Å². The van der Waals surface area contributed by atoms with Crippen molar-refractivity contribution < 1.29 is 9.53 Å². The van der Waals surface area contributed by atoms with E-state index >= 15 is 0 Å². The smallest absolute Gasteiger partial charge is 0.275 e. The summed E-state index contributed by atoms with van der Waals surface area (Å²) in [5.74, 6) is 1.20. The second-order valence-corrected chi connectivity index (χ2v) is 7.09. The summed E-state index contributed by atoms with van der Waals surface area (Å²) in [5, 5.41) is 5.56. The maximum Gasteiger partial charge on any atom is 0.275 e. The number of carbonyl (C=O) groups excluding carboxylic acids is 1. The normalized spacial score (nSPS) is 14.1. The molecule has 4 aromatic carbocycles. The molecule has 4 nitrogen and oxygen atoms in total. The van der Waals surface area contributed by atoms with E-state index in [1.807, 2.05) is 60.7 Å². The molecule has 5 heteroatoms. The maximum atomic E-state index is 12.3. The lowest BCUT2D eigenvalue weighted by Crippen LogP contribution is -2.13. The van der Waals surface area contributed by atoms with Crippen LogP contribution in [0, 0.1) is 0 Å². The minimum atomic E-state index is -0.260. The first-order valence-electron chi connectivity index (χ1n) is 9.13. The van der Waals surface area contributed by atoms with E-state index in [1.165, 1.54) is 5.39 Å². The molecule has 0 atom stereocenters. The molecular formula is C24H15ClN2O2. The SMILES string of the molecule is O=C1Nc2c(Cl)cccc2C1=Nc1ccc(Oc2ccc3ccccc3c2)cc1. The van der Waals surface area contributed by atoms with Crippen molar-refractivity contribution >= 4 is 45.4 Å². The van der Waals surface area contributed by atoms with Gasteiger partial charge in [0, 0.05) is 5.56 Å². The zero-order chi connectivity index (χ0) is 19.8. The number of ether oxygens (including phenoxy) is 1. The summed E-state index contributed by atoms with van der Waals surface area (Å²) in [6.45, 7) is 0. The van der Waals surface area contributed by atoms with Crippen molar-refractivity contribution in [3.8, 4) is 11.5 Å². The summed E-state index contributed by atoms with van der Waals surface area (Å²) in [6, 6.07) is 26.8. The highest BCUT2D eigenvalue weighted by Crippen LogP contribution is 2.33. The van der Waals surface area contributed by atoms with Crippen molar-refractivity contribution in [1.29, 1.82) is 0 Å². The number of benzene rings is 4. The van der Waals surface area contributed by atoms with Crippen molar-refractivity contribution in [2.75, 3.05) is 5.32 Å². The molecule has 1 aliphatic heterocycles. The molecule has 0 spiro atoms. The van der Waals surface area contributed by atoms with E-state index in [4.69, 9.17) is 16.3 Å². The quantitative estimate of drug-likeness (QED) is 0.436. The van der Waals surface area contributed by atoms with Gasteiger partial charge in [-0.05, 0) is 53.2 Å². The standard InChI is InChI=1S/C24H15ClN2O2/c25-21-7-3-6-20-22(21)27-24(28)23(20)26-17-9-12-18(13-10-17)29-19-11-8-15-4-1-2-5-16(15)14-19/h1-14H,(H,26,27,28). The maximum absolute atomic E-state index is 12.3. The van der Waals surface area contributed by atoms with Crippen LogP contribution >= 0.6 is 11.6 Å². The summed E-state index contributed by atoms with van der Waals surface area (Å²) in [4.78, 5) is 16.8. The van der Waals surface area contributed by atoms with Gasteiger partial charge in [0.25, 0.3) is 5.91 Å². The van der Waals surface area contributed by atoms with Gasteiger partial charge in [0.2, 0.25) is 0 Å². The van der Waals surface area contributed by atoms with Gasteiger partial charge in [0.1, 0.15) is 17.2 Å². The van der Waals surface area contributed by atoms with Crippen molar-refractivity contribution in [3.05, 3.63) is 95.5 Å². The molecule has 0 bridgehead atoms. The fraction of sp³-hybridized carbons (Fsp3) is 0. The molecule has 1 aliphatic rings. The fourth-order valence-electron chi connectivity index (χ4n) is 3.34. The average molecular weight is 399 g/mol. The lowest BCUT2D eigenvalue weighted by atomic mass is 10.1. The van der Waals surface area contributed by atoms with Crippen LogP contribution in [0.15, 0.2) is 89.9 Å². The van der Waals surface area contributed by atoms with Crippen LogP contribution in [0.3, 0.4) is 0 Å². The molecule has 4 aromatic rings. The van der Waals surface area contributed by atoms with Crippen LogP contribution in [0.5, 0.6) is 11.5 Å². The molecule has 0 aliphatic carbocycles. The lowest BCUT2D eigenvalue weighted by molar-refractivity contribution is -0.110. The minimum absolute atomic E-state index is 0.260. The number of para-hydroxylation sites is 1. The summed E-state index contributed by atoms with van der Waals surface area (Å²) >= 11 is 6.15. The Hall–Kier alpha value is -3.63. The van der Waals surface area contributed by atoms with Crippen molar-refractivity contribution in [1.82, 2.24) is 0 Å². The number of nitrogens with one attached hydrogen (secondary N) is 1. The third-order valence-electron chi connectivity index (χ3n) is 4.76. The predicted molar refractivity (Wildman–Crippen MR) is 117 cm³/mol. The van der Waals surface area contributed by atoms with Crippen LogP contribution < -0.4 is 10.1 Å². The number of aliphatic imine (C=N–C) groups is 1. The molecule has 140 valence electrons. The summed E-state index contributed by atoms with van der Waals surface area (Å²) < 4.78 is 5.96. The number of hydrogen-bond donors (Lipinski definition) is 1. The van der Waals surface area contributed by atoms with E-state index in [2.05, 4.69) is 22.4 Å². The second kappa shape index (κ2) is 7.08. The fourth-order valence-corrected chi connectivity index (χ4v) is 3.56. The van der Waals surface area contributed by atoms with E-state index < -0.39 is 0 Å². The van der Waals surface area contributed by atoms with E-state index in [0.717, 1.165) is 11.1 Å². The van der Waals surface area contributed by atoms with Crippen LogP contribution in [0.4, 0.5) is 11.4 Å². The number of carbonyl (C=O) groups is 1. The molecule has 1 N–H and O–H groups in total. The molecule has 0 saturated heterocycles. The van der Waals surface area contributed by atoms with Crippen molar-refractivity contribution in [2.45, 2.75) is 0 Å². The third kappa shape index (κ3) is 3.35. The van der Waals surface area contributed by atoms with Crippen molar-refractivity contribution in [2.24, 2.45) is 4.99 Å². The molecule has 0 aromatic heterocycles. The van der Waals surface area contributed by atoms with Gasteiger partial charge in [0.15, 0.2) is 0 Å². The molecule has 0 fully saturated rings. The van der Waals surface area contributed by atoms with Gasteiger partial charge in [-0.15, -0.1) is 0 Å². The minimum Gasteiger partial charge on any atom is -0.457 e. The molecule has 29 heavy (non-hydrogen) atoms. The van der Waals surface area contributed by atoms with Gasteiger partial charge in [0.05, 0.1) is 16.4 Å². The summed E-state index contributed by atoms with van der Waals surface area (Å²) in [5.41, 5.74) is 2.33. The van der Waals surface area contributed by atoms with Crippen LogP contribution in [-0.4, -0.2) is 11.6 Å². The Morgan fingerprint density at radius 2 is 1.55 bits per heavy atom. The Balaban J connectivity index is 1.40. The molecule has 0 saturated carbocycles. The molecular weight excluding hydrogens is 384 g/mol. The number of halogens is 1. The highest BCUT2D eigenvalue weighted by Gasteiger charge is 2.27. The van der Waals surface area contributed by atoms with E-state index in [-0.39, 0.29) is 5.91 Å². The molecule has 0 radical (unpaired) electrons. The van der Waals surface area contributed by atoms with Gasteiger partial charge in [-0.3, -0.25) is 4.79 Å². The number of rotatable bonds is 3. The Morgan fingerprint density at radius 3 is 2.38 bits per heavy atom. The monoisotopic (exact) mass is 398 g/mol. The van der Waals surface area contributed by atoms with E-state index in [9.17, 15) is 4.79 Å². The first-order valence-corrected chi connectivity index (χ1v) is 9.51. The highest BCUT2D eigenvalue weighted by atomic mass is 35.5. The Kier molecular flexibility index (Phi) is 4.26. The van der Waals surface area contributed by atoms with Crippen LogP contribution in [-0.2, 0) is 4.79 Å². The highest BCUT2D eigenvalue weighted by molar-refractivity contribution is 6.55. The third-order valence-corrected chi connectivity index (χ3v) is 5.07. The van der Waals surface area contributed by atoms with Gasteiger partial charge < -0.3 is 10.1 Å². The Bertz CT molecular complexity index is 1280. The van der Waals surface area contributed by atoms with Crippen molar-refractivity contribution in [3.63, 3.8) is 0 Å². The topological polar surface area (TPSA) is 50.7 Å². The number of amides is 1. The van der Waals surface area contributed by atoms with E-state index in [0.29, 0.717) is 33.4 Å².